The fourth-order valence-corrected chi connectivity index (χ4v) is 7.43. The van der Waals surface area contributed by atoms with Crippen molar-refractivity contribution in [2.45, 2.75) is 90.0 Å². The summed E-state index contributed by atoms with van der Waals surface area (Å²) in [6.45, 7) is 5.27. The second-order valence-corrected chi connectivity index (χ2v) is 16.0. The Morgan fingerprint density at radius 3 is 1.71 bits per heavy atom. The first-order chi connectivity index (χ1) is 29.8. The first-order valence-electron chi connectivity index (χ1n) is 20.5. The Balaban J connectivity index is 1.13. The van der Waals surface area contributed by atoms with Crippen LogP contribution >= 0.6 is 0 Å². The molecule has 4 atom stereocenters. The number of hydrogen-bond donors (Lipinski definition) is 3. The third-order valence-corrected chi connectivity index (χ3v) is 10.3. The van der Waals surface area contributed by atoms with E-state index < -0.39 is 59.7 Å². The van der Waals surface area contributed by atoms with Crippen molar-refractivity contribution in [3.8, 4) is 0 Å². The summed E-state index contributed by atoms with van der Waals surface area (Å²) >= 11 is 0. The molecular weight excluding hydrogens is 795 g/mol. The molecular formula is C47H51N5O10. The van der Waals surface area contributed by atoms with Gasteiger partial charge in [0.05, 0.1) is 11.1 Å². The van der Waals surface area contributed by atoms with Crippen molar-refractivity contribution < 1.29 is 47.7 Å². The lowest BCUT2D eigenvalue weighted by atomic mass is 9.88. The summed E-state index contributed by atoms with van der Waals surface area (Å²) in [5.74, 6) is -2.80. The number of nitrogens with one attached hydrogen (secondary N) is 3. The highest BCUT2D eigenvalue weighted by molar-refractivity contribution is 6.07. The van der Waals surface area contributed by atoms with Crippen molar-refractivity contribution in [1.29, 1.82) is 0 Å². The van der Waals surface area contributed by atoms with Gasteiger partial charge in [-0.2, -0.15) is 0 Å². The van der Waals surface area contributed by atoms with Gasteiger partial charge in [0.25, 0.3) is 5.91 Å². The number of alkyl carbamates (subject to hydrolysis) is 2. The second kappa shape index (κ2) is 21.0. The van der Waals surface area contributed by atoms with Gasteiger partial charge in [-0.15, -0.1) is 0 Å². The van der Waals surface area contributed by atoms with Crippen molar-refractivity contribution >= 4 is 41.9 Å². The molecule has 4 aromatic rings. The van der Waals surface area contributed by atoms with Crippen LogP contribution in [0.4, 0.5) is 9.59 Å². The number of amides is 4. The van der Waals surface area contributed by atoms with E-state index in [1.165, 1.54) is 17.0 Å². The van der Waals surface area contributed by atoms with Gasteiger partial charge in [0, 0.05) is 12.6 Å². The number of carbonyl (C=O) groups excluding carboxylic acids is 6. The molecule has 2 heterocycles. The number of benzene rings is 4. The Kier molecular flexibility index (Phi) is 15.1. The van der Waals surface area contributed by atoms with Crippen LogP contribution in [0, 0.1) is 5.92 Å². The fraction of sp³-hybridized carbons (Fsp3) is 0.340. The van der Waals surface area contributed by atoms with E-state index in [9.17, 15) is 28.8 Å². The maximum atomic E-state index is 14.3. The zero-order valence-electron chi connectivity index (χ0n) is 34.9. The zero-order chi connectivity index (χ0) is 44.1. The molecule has 0 aliphatic carbocycles. The van der Waals surface area contributed by atoms with Gasteiger partial charge in [-0.1, -0.05) is 103 Å². The summed E-state index contributed by atoms with van der Waals surface area (Å²) in [5, 5.41) is 7.79. The van der Waals surface area contributed by atoms with E-state index in [1.54, 1.807) is 57.2 Å². The van der Waals surface area contributed by atoms with Gasteiger partial charge >= 0.3 is 24.1 Å². The first-order valence-corrected chi connectivity index (χ1v) is 20.5. The van der Waals surface area contributed by atoms with Crippen LogP contribution in [-0.2, 0) is 48.4 Å². The number of ether oxygens (including phenoxy) is 4. The molecule has 4 aromatic carbocycles. The molecule has 3 N–H and O–H groups in total. The number of guanidine groups is 1. The number of carbonyl (C=O) groups is 6. The fourth-order valence-electron chi connectivity index (χ4n) is 7.43. The molecule has 324 valence electrons. The molecule has 0 bridgehead atoms. The van der Waals surface area contributed by atoms with Gasteiger partial charge in [0.2, 0.25) is 11.9 Å². The van der Waals surface area contributed by atoms with Crippen molar-refractivity contribution in [2.24, 2.45) is 10.9 Å². The minimum absolute atomic E-state index is 0.0164. The van der Waals surface area contributed by atoms with Crippen LogP contribution in [-0.4, -0.2) is 77.1 Å². The average molecular weight is 846 g/mol. The standard InChI is InChI=1S/C47H51N5O10/c1-47(2,3)62-43(56)39-27-34(25-26-48-44(50-45(57)60-29-32-17-9-5-10-18-32)51-46(58)61-30-33-19-11-6-12-20-33)38-24-23-37(41(54)52(38)39)49-40(53)35-21-13-14-22-36(35)42(55)59-28-31-15-7-4-8-16-31/h4-22,34,37-39H,23-30H2,1-3H3,(H,49,53)(H2,48,50,51,57,58)/t34-,37-,38+,39-/m0/s1. The lowest BCUT2D eigenvalue weighted by Gasteiger charge is -2.39. The summed E-state index contributed by atoms with van der Waals surface area (Å²) in [4.78, 5) is 86.5. The topological polar surface area (TPSA) is 191 Å². The Bertz CT molecular complexity index is 2170. The quantitative estimate of drug-likeness (QED) is 0.0583. The maximum Gasteiger partial charge on any atom is 0.414 e. The minimum atomic E-state index is -0.988. The third-order valence-electron chi connectivity index (χ3n) is 10.3. The smallest absolute Gasteiger partial charge is 0.414 e. The lowest BCUT2D eigenvalue weighted by Crippen LogP contribution is -2.58. The molecule has 0 aromatic heterocycles. The van der Waals surface area contributed by atoms with E-state index in [2.05, 4.69) is 20.9 Å². The van der Waals surface area contributed by atoms with Crippen LogP contribution in [0.15, 0.2) is 120 Å². The number of aliphatic imine (C=N–C) groups is 1. The van der Waals surface area contributed by atoms with E-state index in [-0.39, 0.29) is 62.2 Å². The summed E-state index contributed by atoms with van der Waals surface area (Å²) in [6, 6.07) is 31.2. The number of rotatable bonds is 13. The van der Waals surface area contributed by atoms with Crippen molar-refractivity contribution in [1.82, 2.24) is 20.9 Å². The van der Waals surface area contributed by atoms with E-state index in [0.717, 1.165) is 16.7 Å². The highest BCUT2D eigenvalue weighted by Gasteiger charge is 2.52. The number of nitrogens with zero attached hydrogens (tertiary/aromatic N) is 2. The number of piperidine rings is 1. The normalized spacial score (nSPS) is 18.0. The van der Waals surface area contributed by atoms with Crippen LogP contribution in [0.1, 0.15) is 83.9 Å². The van der Waals surface area contributed by atoms with Gasteiger partial charge < -0.3 is 29.2 Å². The lowest BCUT2D eigenvalue weighted by molar-refractivity contribution is -0.165. The second-order valence-electron chi connectivity index (χ2n) is 16.0. The summed E-state index contributed by atoms with van der Waals surface area (Å²) in [7, 11) is 0. The Morgan fingerprint density at radius 1 is 0.677 bits per heavy atom. The van der Waals surface area contributed by atoms with Crippen molar-refractivity contribution in [3.05, 3.63) is 143 Å². The molecule has 2 aliphatic heterocycles. The van der Waals surface area contributed by atoms with E-state index in [1.807, 2.05) is 66.7 Å². The first kappa shape index (κ1) is 44.5. The molecule has 2 aliphatic rings. The highest BCUT2D eigenvalue weighted by atomic mass is 16.6. The average Bonchev–Trinajstić information content (AvgIpc) is 3.65. The third kappa shape index (κ3) is 12.5. The van der Waals surface area contributed by atoms with Crippen LogP contribution in [0.3, 0.4) is 0 Å². The number of esters is 2. The monoisotopic (exact) mass is 845 g/mol. The highest BCUT2D eigenvalue weighted by Crippen LogP contribution is 2.40. The molecule has 2 saturated heterocycles. The van der Waals surface area contributed by atoms with Gasteiger partial charge in [-0.3, -0.25) is 25.2 Å². The Hall–Kier alpha value is -7.03. The van der Waals surface area contributed by atoms with Gasteiger partial charge in [0.1, 0.15) is 37.5 Å². The van der Waals surface area contributed by atoms with Gasteiger partial charge in [-0.05, 0) is 81.2 Å². The molecule has 0 spiro atoms. The molecule has 6 rings (SSSR count). The van der Waals surface area contributed by atoms with E-state index in [0.29, 0.717) is 12.8 Å². The van der Waals surface area contributed by atoms with Crippen molar-refractivity contribution in [3.63, 3.8) is 0 Å². The predicted octanol–water partition coefficient (Wildman–Crippen LogP) is 6.46. The molecule has 15 heteroatoms. The van der Waals surface area contributed by atoms with Crippen LogP contribution in [0.5, 0.6) is 0 Å². The Morgan fingerprint density at radius 2 is 1.18 bits per heavy atom. The predicted molar refractivity (Wildman–Crippen MR) is 227 cm³/mol. The molecule has 0 radical (unpaired) electrons. The number of fused-ring (bicyclic) bond motifs is 1. The summed E-state index contributed by atoms with van der Waals surface area (Å²) in [6.07, 6.45) is -0.398. The summed E-state index contributed by atoms with van der Waals surface area (Å²) in [5.41, 5.74) is 1.56. The van der Waals surface area contributed by atoms with Crippen LogP contribution < -0.4 is 16.0 Å². The molecule has 62 heavy (non-hydrogen) atoms. The zero-order valence-corrected chi connectivity index (χ0v) is 34.9. The minimum Gasteiger partial charge on any atom is -0.458 e. The number of hydrogen-bond acceptors (Lipinski definition) is 11. The molecule has 0 unspecified atom stereocenters. The molecule has 4 amide bonds. The van der Waals surface area contributed by atoms with Crippen LogP contribution in [0.2, 0.25) is 0 Å². The van der Waals surface area contributed by atoms with Crippen LogP contribution in [0.25, 0.3) is 0 Å². The largest absolute Gasteiger partial charge is 0.458 e. The SMILES string of the molecule is CC(C)(C)OC(=O)[C@@H]1C[C@H](CCN=C(NC(=O)OCc2ccccc2)NC(=O)OCc2ccccc2)[C@H]2CC[C@H](NC(=O)c3ccccc3C(=O)OCc3ccccc3)C(=O)N21. The van der Waals surface area contributed by atoms with Gasteiger partial charge in [0.15, 0.2) is 0 Å². The molecule has 15 nitrogen and oxygen atoms in total. The Labute approximate surface area is 360 Å². The molecule has 0 saturated carbocycles. The maximum absolute atomic E-state index is 14.3. The summed E-state index contributed by atoms with van der Waals surface area (Å²) < 4.78 is 22.0. The van der Waals surface area contributed by atoms with E-state index in [4.69, 9.17) is 18.9 Å². The van der Waals surface area contributed by atoms with Gasteiger partial charge in [-0.25, -0.2) is 19.2 Å². The molecule has 2 fully saturated rings. The van der Waals surface area contributed by atoms with E-state index >= 15 is 0 Å². The van der Waals surface area contributed by atoms with Crippen molar-refractivity contribution in [2.75, 3.05) is 6.54 Å².